The van der Waals surface area contributed by atoms with Crippen LogP contribution < -0.4 is 5.73 Å². The van der Waals surface area contributed by atoms with Gasteiger partial charge in [-0.3, -0.25) is 0 Å². The van der Waals surface area contributed by atoms with Crippen molar-refractivity contribution in [2.75, 3.05) is 12.3 Å². The molecule has 90 valence electrons. The molecule has 0 bridgehead atoms. The van der Waals surface area contributed by atoms with E-state index in [9.17, 15) is 17.6 Å². The Morgan fingerprint density at radius 1 is 1.25 bits per heavy atom. The molecular formula is C10H11F4NO. The highest BCUT2D eigenvalue weighted by Gasteiger charge is 2.26. The second kappa shape index (κ2) is 5.16. The van der Waals surface area contributed by atoms with E-state index >= 15 is 0 Å². The molecule has 0 heterocycles. The second-order valence-corrected chi connectivity index (χ2v) is 3.24. The van der Waals surface area contributed by atoms with Crippen LogP contribution >= 0.6 is 0 Å². The van der Waals surface area contributed by atoms with Crippen LogP contribution in [0.3, 0.4) is 0 Å². The van der Waals surface area contributed by atoms with Crippen molar-refractivity contribution in [1.82, 2.24) is 0 Å². The second-order valence-electron chi connectivity index (χ2n) is 3.24. The molecule has 0 fully saturated rings. The predicted octanol–water partition coefficient (Wildman–Crippen LogP) is 2.88. The highest BCUT2D eigenvalue weighted by atomic mass is 19.4. The average Bonchev–Trinajstić information content (AvgIpc) is 2.17. The van der Waals surface area contributed by atoms with Gasteiger partial charge in [-0.25, -0.2) is 4.39 Å². The number of nitrogen functional groups attached to an aromatic ring is 1. The van der Waals surface area contributed by atoms with Crippen molar-refractivity contribution in [3.63, 3.8) is 0 Å². The van der Waals surface area contributed by atoms with Crippen LogP contribution in [0.25, 0.3) is 0 Å². The van der Waals surface area contributed by atoms with E-state index in [2.05, 4.69) is 0 Å². The van der Waals surface area contributed by atoms with Crippen molar-refractivity contribution in [1.29, 1.82) is 0 Å². The summed E-state index contributed by atoms with van der Waals surface area (Å²) in [4.78, 5) is 0. The van der Waals surface area contributed by atoms with Gasteiger partial charge in [0.1, 0.15) is 0 Å². The Morgan fingerprint density at radius 2 is 1.94 bits per heavy atom. The lowest BCUT2D eigenvalue weighted by Gasteiger charge is -2.08. The Bertz CT molecular complexity index is 351. The Labute approximate surface area is 90.0 Å². The Balaban J connectivity index is 2.41. The summed E-state index contributed by atoms with van der Waals surface area (Å²) in [6, 6.07) is 4.30. The predicted molar refractivity (Wildman–Crippen MR) is 51.1 cm³/mol. The maximum atomic E-state index is 13.2. The SMILES string of the molecule is Nc1cccc(COCCC(F)(F)F)c1F. The van der Waals surface area contributed by atoms with Gasteiger partial charge in [0.25, 0.3) is 0 Å². The monoisotopic (exact) mass is 237 g/mol. The molecule has 2 N–H and O–H groups in total. The molecule has 6 heteroatoms. The molecule has 1 aromatic carbocycles. The molecule has 0 radical (unpaired) electrons. The van der Waals surface area contributed by atoms with Crippen molar-refractivity contribution >= 4 is 5.69 Å². The van der Waals surface area contributed by atoms with E-state index < -0.39 is 25.0 Å². The summed E-state index contributed by atoms with van der Waals surface area (Å²) in [6.07, 6.45) is -5.30. The van der Waals surface area contributed by atoms with E-state index in [1.807, 2.05) is 0 Å². The summed E-state index contributed by atoms with van der Waals surface area (Å²) in [5.41, 5.74) is 5.39. The van der Waals surface area contributed by atoms with E-state index in [0.29, 0.717) is 0 Å². The van der Waals surface area contributed by atoms with Gasteiger partial charge < -0.3 is 10.5 Å². The van der Waals surface area contributed by atoms with E-state index in [1.54, 1.807) is 0 Å². The van der Waals surface area contributed by atoms with Crippen molar-refractivity contribution in [2.45, 2.75) is 19.2 Å². The van der Waals surface area contributed by atoms with Crippen LogP contribution in [0.4, 0.5) is 23.2 Å². The van der Waals surface area contributed by atoms with Crippen molar-refractivity contribution in [2.24, 2.45) is 0 Å². The zero-order chi connectivity index (χ0) is 12.2. The van der Waals surface area contributed by atoms with Crippen molar-refractivity contribution in [3.05, 3.63) is 29.6 Å². The topological polar surface area (TPSA) is 35.2 Å². The normalized spacial score (nSPS) is 11.8. The number of ether oxygens (including phenoxy) is 1. The fraction of sp³-hybridized carbons (Fsp3) is 0.400. The number of anilines is 1. The first-order valence-corrected chi connectivity index (χ1v) is 4.57. The molecule has 0 aliphatic rings. The minimum Gasteiger partial charge on any atom is -0.396 e. The van der Waals surface area contributed by atoms with Crippen LogP contribution in [-0.2, 0) is 11.3 Å². The minimum absolute atomic E-state index is 0.0445. The Morgan fingerprint density at radius 3 is 2.56 bits per heavy atom. The number of alkyl halides is 3. The summed E-state index contributed by atoms with van der Waals surface area (Å²) in [5, 5.41) is 0. The molecule has 2 nitrogen and oxygen atoms in total. The third-order valence-corrected chi connectivity index (χ3v) is 1.90. The van der Waals surface area contributed by atoms with E-state index in [1.165, 1.54) is 18.2 Å². The maximum absolute atomic E-state index is 13.2. The number of benzene rings is 1. The van der Waals surface area contributed by atoms with Gasteiger partial charge in [-0.15, -0.1) is 0 Å². The van der Waals surface area contributed by atoms with Gasteiger partial charge in [-0.05, 0) is 6.07 Å². The van der Waals surface area contributed by atoms with Crippen molar-refractivity contribution < 1.29 is 22.3 Å². The smallest absolute Gasteiger partial charge is 0.391 e. The lowest BCUT2D eigenvalue weighted by Crippen LogP contribution is -2.11. The summed E-state index contributed by atoms with van der Waals surface area (Å²) in [6.45, 7) is -0.704. The fourth-order valence-corrected chi connectivity index (χ4v) is 1.08. The number of rotatable bonds is 4. The highest BCUT2D eigenvalue weighted by molar-refractivity contribution is 5.42. The van der Waals surface area contributed by atoms with Gasteiger partial charge >= 0.3 is 6.18 Å². The van der Waals surface area contributed by atoms with Crippen molar-refractivity contribution in [3.8, 4) is 0 Å². The summed E-state index contributed by atoms with van der Waals surface area (Å²) in [5.74, 6) is -0.644. The molecule has 0 aromatic heterocycles. The number of halogens is 4. The van der Waals surface area contributed by atoms with Crippen LogP contribution in [0.2, 0.25) is 0 Å². The third kappa shape index (κ3) is 4.06. The zero-order valence-electron chi connectivity index (χ0n) is 8.35. The van der Waals surface area contributed by atoms with Gasteiger partial charge in [0.05, 0.1) is 25.3 Å². The first-order valence-electron chi connectivity index (χ1n) is 4.57. The molecule has 0 aliphatic heterocycles. The molecule has 0 saturated carbocycles. The van der Waals surface area contributed by atoms with Crippen LogP contribution in [-0.4, -0.2) is 12.8 Å². The maximum Gasteiger partial charge on any atom is 0.391 e. The van der Waals surface area contributed by atoms with Gasteiger partial charge in [-0.1, -0.05) is 12.1 Å². The van der Waals surface area contributed by atoms with E-state index in [-0.39, 0.29) is 17.9 Å². The minimum atomic E-state index is -4.26. The van der Waals surface area contributed by atoms with Gasteiger partial charge in [0, 0.05) is 5.56 Å². The molecule has 16 heavy (non-hydrogen) atoms. The van der Waals surface area contributed by atoms with E-state index in [4.69, 9.17) is 10.5 Å². The zero-order valence-corrected chi connectivity index (χ0v) is 8.35. The largest absolute Gasteiger partial charge is 0.396 e. The quantitative estimate of drug-likeness (QED) is 0.496. The van der Waals surface area contributed by atoms with Gasteiger partial charge in [0.2, 0.25) is 0 Å². The molecule has 0 unspecified atom stereocenters. The number of hydrogen-bond acceptors (Lipinski definition) is 2. The van der Waals surface area contributed by atoms with Crippen LogP contribution in [0.15, 0.2) is 18.2 Å². The van der Waals surface area contributed by atoms with E-state index in [0.717, 1.165) is 0 Å². The molecule has 0 saturated heterocycles. The third-order valence-electron chi connectivity index (χ3n) is 1.90. The molecule has 1 aromatic rings. The standard InChI is InChI=1S/C10H11F4NO/c11-9-7(2-1-3-8(9)15)6-16-5-4-10(12,13)14/h1-3H,4-6,15H2. The lowest BCUT2D eigenvalue weighted by molar-refractivity contribution is -0.146. The molecular weight excluding hydrogens is 226 g/mol. The fourth-order valence-electron chi connectivity index (χ4n) is 1.08. The average molecular weight is 237 g/mol. The summed E-state index contributed by atoms with van der Waals surface area (Å²) >= 11 is 0. The molecule has 0 spiro atoms. The first kappa shape index (κ1) is 12.8. The molecule has 1 rings (SSSR count). The number of hydrogen-bond donors (Lipinski definition) is 1. The summed E-state index contributed by atoms with van der Waals surface area (Å²) in [7, 11) is 0. The molecule has 0 aliphatic carbocycles. The van der Waals surface area contributed by atoms with Crippen LogP contribution in [0.5, 0.6) is 0 Å². The van der Waals surface area contributed by atoms with Gasteiger partial charge in [-0.2, -0.15) is 13.2 Å². The van der Waals surface area contributed by atoms with Gasteiger partial charge in [0.15, 0.2) is 5.82 Å². The van der Waals surface area contributed by atoms with Crippen LogP contribution in [0.1, 0.15) is 12.0 Å². The first-order chi connectivity index (χ1) is 7.40. The Hall–Kier alpha value is -1.30. The molecule has 0 atom stereocenters. The number of nitrogens with two attached hydrogens (primary N) is 1. The lowest BCUT2D eigenvalue weighted by atomic mass is 10.2. The van der Waals surface area contributed by atoms with Crippen LogP contribution in [0, 0.1) is 5.82 Å². The molecule has 0 amide bonds. The summed E-state index contributed by atoms with van der Waals surface area (Å²) < 4.78 is 53.2. The highest BCUT2D eigenvalue weighted by Crippen LogP contribution is 2.20. The Kier molecular flexibility index (Phi) is 4.12.